The molecule has 0 aliphatic carbocycles. The maximum absolute atomic E-state index is 11.8. The van der Waals surface area contributed by atoms with Crippen molar-refractivity contribution >= 4 is 40.8 Å². The van der Waals surface area contributed by atoms with Gasteiger partial charge in [0.25, 0.3) is 0 Å². The maximum Gasteiger partial charge on any atom is 0.328 e. The molecule has 0 spiro atoms. The van der Waals surface area contributed by atoms with Crippen molar-refractivity contribution in [1.82, 2.24) is 5.32 Å². The van der Waals surface area contributed by atoms with Gasteiger partial charge in [-0.2, -0.15) is 11.8 Å². The van der Waals surface area contributed by atoms with E-state index in [4.69, 9.17) is 0 Å². The summed E-state index contributed by atoms with van der Waals surface area (Å²) in [6.07, 6.45) is 2.65. The second-order valence-electron chi connectivity index (χ2n) is 4.33. The molecule has 0 bridgehead atoms. The van der Waals surface area contributed by atoms with Crippen LogP contribution in [0.15, 0.2) is 17.5 Å². The molecule has 0 fully saturated rings. The second-order valence-corrected chi connectivity index (χ2v) is 6.26. The van der Waals surface area contributed by atoms with Crippen molar-refractivity contribution in [2.45, 2.75) is 25.3 Å². The molecule has 1 aromatic rings. The lowest BCUT2D eigenvalue weighted by atomic mass is 10.1. The van der Waals surface area contributed by atoms with Crippen molar-refractivity contribution in [2.75, 3.05) is 19.1 Å². The summed E-state index contributed by atoms with van der Waals surface area (Å²) in [5.74, 6) is -0.0777. The smallest absolute Gasteiger partial charge is 0.328 e. The number of nitrogens with one attached hydrogen (secondary N) is 1. The summed E-state index contributed by atoms with van der Waals surface area (Å²) in [6.45, 7) is 0. The molecular formula is C14H19NO4S2. The zero-order valence-electron chi connectivity index (χ0n) is 12.1. The standard InChI is InChI=1S/C14H19NO4S2/c1-19-14(18)10(7-9-20-2)15-13(17)6-5-11(16)12-4-3-8-21-12/h3-4,8,10H,5-7,9H2,1-2H3,(H,15,17)/t10-/m0/s1. The Morgan fingerprint density at radius 3 is 2.71 bits per heavy atom. The van der Waals surface area contributed by atoms with E-state index in [-0.39, 0.29) is 24.5 Å². The van der Waals surface area contributed by atoms with Gasteiger partial charge in [-0.15, -0.1) is 11.3 Å². The molecule has 1 N–H and O–H groups in total. The van der Waals surface area contributed by atoms with E-state index >= 15 is 0 Å². The van der Waals surface area contributed by atoms with Gasteiger partial charge >= 0.3 is 5.97 Å². The van der Waals surface area contributed by atoms with Crippen molar-refractivity contribution < 1.29 is 19.1 Å². The lowest BCUT2D eigenvalue weighted by Gasteiger charge is -2.15. The lowest BCUT2D eigenvalue weighted by Crippen LogP contribution is -2.42. The fraction of sp³-hybridized carbons (Fsp3) is 0.500. The van der Waals surface area contributed by atoms with Crippen LogP contribution in [0.2, 0.25) is 0 Å². The van der Waals surface area contributed by atoms with Gasteiger partial charge in [0.15, 0.2) is 5.78 Å². The average Bonchev–Trinajstić information content (AvgIpc) is 3.02. The summed E-state index contributed by atoms with van der Waals surface area (Å²) >= 11 is 2.95. The molecule has 5 nitrogen and oxygen atoms in total. The van der Waals surface area contributed by atoms with Gasteiger partial charge in [0.2, 0.25) is 5.91 Å². The topological polar surface area (TPSA) is 72.5 Å². The summed E-state index contributed by atoms with van der Waals surface area (Å²) in [5.41, 5.74) is 0. The van der Waals surface area contributed by atoms with E-state index in [2.05, 4.69) is 10.1 Å². The number of carbonyl (C=O) groups excluding carboxylic acids is 3. The molecule has 0 aliphatic heterocycles. The van der Waals surface area contributed by atoms with Gasteiger partial charge < -0.3 is 10.1 Å². The molecule has 1 heterocycles. The third-order valence-corrected chi connectivity index (χ3v) is 4.36. The number of esters is 1. The van der Waals surface area contributed by atoms with Gasteiger partial charge in [0.1, 0.15) is 6.04 Å². The van der Waals surface area contributed by atoms with Crippen LogP contribution in [0.25, 0.3) is 0 Å². The highest BCUT2D eigenvalue weighted by atomic mass is 32.2. The molecule has 0 aromatic carbocycles. The predicted octanol–water partition coefficient (Wildman–Crippen LogP) is 2.12. The van der Waals surface area contributed by atoms with Crippen LogP contribution in [0.1, 0.15) is 28.9 Å². The van der Waals surface area contributed by atoms with E-state index in [1.165, 1.54) is 18.4 Å². The van der Waals surface area contributed by atoms with Crippen molar-refractivity contribution in [1.29, 1.82) is 0 Å². The Kier molecular flexibility index (Phi) is 8.07. The van der Waals surface area contributed by atoms with E-state index in [9.17, 15) is 14.4 Å². The Morgan fingerprint density at radius 1 is 1.38 bits per heavy atom. The molecule has 7 heteroatoms. The van der Waals surface area contributed by atoms with Crippen molar-refractivity contribution in [2.24, 2.45) is 0 Å². The normalized spacial score (nSPS) is 11.7. The molecule has 116 valence electrons. The zero-order chi connectivity index (χ0) is 15.7. The van der Waals surface area contributed by atoms with Crippen LogP contribution in [0.5, 0.6) is 0 Å². The van der Waals surface area contributed by atoms with Crippen molar-refractivity contribution in [3.05, 3.63) is 22.4 Å². The highest BCUT2D eigenvalue weighted by molar-refractivity contribution is 7.98. The van der Waals surface area contributed by atoms with Crippen LogP contribution in [0.4, 0.5) is 0 Å². The lowest BCUT2D eigenvalue weighted by molar-refractivity contribution is -0.145. The van der Waals surface area contributed by atoms with E-state index in [0.29, 0.717) is 11.3 Å². The minimum atomic E-state index is -0.646. The minimum Gasteiger partial charge on any atom is -0.467 e. The van der Waals surface area contributed by atoms with Crippen LogP contribution in [-0.2, 0) is 14.3 Å². The van der Waals surface area contributed by atoms with E-state index < -0.39 is 12.0 Å². The van der Waals surface area contributed by atoms with Crippen LogP contribution in [0, 0.1) is 0 Å². The minimum absolute atomic E-state index is 0.0566. The number of ketones is 1. The van der Waals surface area contributed by atoms with Crippen LogP contribution < -0.4 is 5.32 Å². The molecule has 0 radical (unpaired) electrons. The summed E-state index contributed by atoms with van der Waals surface area (Å²) in [7, 11) is 1.29. The maximum atomic E-state index is 11.8. The highest BCUT2D eigenvalue weighted by Gasteiger charge is 2.21. The van der Waals surface area contributed by atoms with E-state index in [0.717, 1.165) is 5.75 Å². The number of thioether (sulfide) groups is 1. The van der Waals surface area contributed by atoms with Crippen LogP contribution in [0.3, 0.4) is 0 Å². The first kappa shape index (κ1) is 17.7. The third kappa shape index (κ3) is 6.31. The number of hydrogen-bond donors (Lipinski definition) is 1. The van der Waals surface area contributed by atoms with Gasteiger partial charge in [0, 0.05) is 12.8 Å². The number of ether oxygens (including phenoxy) is 1. The fourth-order valence-electron chi connectivity index (χ4n) is 1.68. The van der Waals surface area contributed by atoms with Gasteiger partial charge in [-0.05, 0) is 29.9 Å². The predicted molar refractivity (Wildman–Crippen MR) is 84.8 cm³/mol. The highest BCUT2D eigenvalue weighted by Crippen LogP contribution is 2.12. The summed E-state index contributed by atoms with van der Waals surface area (Å²) in [6, 6.07) is 2.89. The number of rotatable bonds is 9. The molecule has 1 aromatic heterocycles. The first-order chi connectivity index (χ1) is 10.1. The number of hydrogen-bond acceptors (Lipinski definition) is 6. The van der Waals surface area contributed by atoms with E-state index in [1.807, 2.05) is 11.6 Å². The Labute approximate surface area is 132 Å². The monoisotopic (exact) mass is 329 g/mol. The molecule has 0 aliphatic rings. The first-order valence-electron chi connectivity index (χ1n) is 6.51. The molecule has 0 saturated heterocycles. The molecule has 1 atom stereocenters. The largest absolute Gasteiger partial charge is 0.467 e. The zero-order valence-corrected chi connectivity index (χ0v) is 13.7. The first-order valence-corrected chi connectivity index (χ1v) is 8.78. The summed E-state index contributed by atoms with van der Waals surface area (Å²) in [5, 5.41) is 4.45. The fourth-order valence-corrected chi connectivity index (χ4v) is 2.85. The number of thiophene rings is 1. The molecular weight excluding hydrogens is 310 g/mol. The van der Waals surface area contributed by atoms with Gasteiger partial charge in [0.05, 0.1) is 12.0 Å². The quantitative estimate of drug-likeness (QED) is 0.555. The van der Waals surface area contributed by atoms with Gasteiger partial charge in [-0.1, -0.05) is 6.07 Å². The molecule has 0 unspecified atom stereocenters. The molecule has 21 heavy (non-hydrogen) atoms. The molecule has 1 rings (SSSR count). The SMILES string of the molecule is COC(=O)[C@H](CCSC)NC(=O)CCC(=O)c1cccs1. The summed E-state index contributed by atoms with van der Waals surface area (Å²) in [4.78, 5) is 35.8. The summed E-state index contributed by atoms with van der Waals surface area (Å²) < 4.78 is 4.67. The van der Waals surface area contributed by atoms with Crippen molar-refractivity contribution in [3.63, 3.8) is 0 Å². The third-order valence-electron chi connectivity index (χ3n) is 2.81. The Hall–Kier alpha value is -1.34. The Bertz CT molecular complexity index is 473. The second kappa shape index (κ2) is 9.57. The van der Waals surface area contributed by atoms with Crippen molar-refractivity contribution in [3.8, 4) is 0 Å². The average molecular weight is 329 g/mol. The molecule has 0 saturated carbocycles. The number of methoxy groups -OCH3 is 1. The molecule has 1 amide bonds. The number of amides is 1. The van der Waals surface area contributed by atoms with Crippen LogP contribution >= 0.6 is 23.1 Å². The number of carbonyl (C=O) groups is 3. The van der Waals surface area contributed by atoms with Gasteiger partial charge in [-0.25, -0.2) is 4.79 Å². The Balaban J connectivity index is 2.42. The van der Waals surface area contributed by atoms with E-state index in [1.54, 1.807) is 23.9 Å². The Morgan fingerprint density at radius 2 is 2.14 bits per heavy atom. The van der Waals surface area contributed by atoms with Gasteiger partial charge in [-0.3, -0.25) is 9.59 Å². The van der Waals surface area contributed by atoms with Crippen LogP contribution in [-0.4, -0.2) is 42.8 Å². The number of Topliss-reactive ketones (excluding diaryl/α,β-unsaturated/α-hetero) is 1.